The van der Waals surface area contributed by atoms with Crippen LogP contribution in [-0.4, -0.2) is 42.0 Å². The molecule has 1 fully saturated rings. The molecule has 1 heterocycles. The Morgan fingerprint density at radius 1 is 1.65 bits per heavy atom. The second kappa shape index (κ2) is 4.10. The van der Waals surface area contributed by atoms with Gasteiger partial charge in [-0.1, -0.05) is 11.2 Å². The number of hydrogen-bond acceptors (Lipinski definition) is 4. The Hall–Kier alpha value is -2.01. The maximum atomic E-state index is 11.4. The fraction of sp³-hybridized carbons (Fsp3) is 0.600. The van der Waals surface area contributed by atoms with Crippen molar-refractivity contribution in [1.29, 1.82) is 0 Å². The molecule has 0 aromatic rings. The van der Waals surface area contributed by atoms with Gasteiger partial charge in [0.05, 0.1) is 25.2 Å². The molecule has 0 aromatic carbocycles. The first-order chi connectivity index (χ1) is 8.10. The number of carbonyl (C=O) groups excluding carboxylic acids is 2. The zero-order valence-corrected chi connectivity index (χ0v) is 9.53. The summed E-state index contributed by atoms with van der Waals surface area (Å²) >= 11 is 0. The Balaban J connectivity index is 2.24. The lowest BCUT2D eigenvalue weighted by atomic mass is 9.96. The zero-order chi connectivity index (χ0) is 12.6. The number of ether oxygens (including phenoxy) is 1. The van der Waals surface area contributed by atoms with Crippen LogP contribution in [0.2, 0.25) is 0 Å². The zero-order valence-electron chi connectivity index (χ0n) is 9.53. The monoisotopic (exact) mass is 236 g/mol. The van der Waals surface area contributed by atoms with Crippen LogP contribution < -0.4 is 0 Å². The molecule has 0 N–H and O–H groups in total. The highest BCUT2D eigenvalue weighted by Gasteiger charge is 2.55. The lowest BCUT2D eigenvalue weighted by Crippen LogP contribution is -2.22. The van der Waals surface area contributed by atoms with Crippen LogP contribution in [0.5, 0.6) is 0 Å². The standard InChI is InChI=1S/C10H12N4O3/c1-5(15)14-8-4-6(10(16)17-2)3-7(9(8)14)12-13-11/h3,7-9H,4H2,1-2H3. The van der Waals surface area contributed by atoms with E-state index in [1.807, 2.05) is 0 Å². The van der Waals surface area contributed by atoms with Gasteiger partial charge in [-0.2, -0.15) is 0 Å². The Kier molecular flexibility index (Phi) is 2.77. The minimum absolute atomic E-state index is 0.0397. The Labute approximate surface area is 97.7 Å². The van der Waals surface area contributed by atoms with Gasteiger partial charge in [0.1, 0.15) is 0 Å². The molecule has 2 aliphatic rings. The summed E-state index contributed by atoms with van der Waals surface area (Å²) in [6, 6.07) is -0.615. The quantitative estimate of drug-likeness (QED) is 0.233. The normalized spacial score (nSPS) is 29.6. The van der Waals surface area contributed by atoms with Crippen molar-refractivity contribution >= 4 is 11.9 Å². The van der Waals surface area contributed by atoms with Gasteiger partial charge in [-0.15, -0.1) is 0 Å². The number of carbonyl (C=O) groups is 2. The van der Waals surface area contributed by atoms with E-state index >= 15 is 0 Å². The summed E-state index contributed by atoms with van der Waals surface area (Å²) in [4.78, 5) is 27.1. The number of hydrogen-bond donors (Lipinski definition) is 0. The molecular weight excluding hydrogens is 224 g/mol. The molecule has 7 heteroatoms. The third kappa shape index (κ3) is 1.85. The largest absolute Gasteiger partial charge is 0.466 e. The number of rotatable bonds is 2. The van der Waals surface area contributed by atoms with Gasteiger partial charge in [0.25, 0.3) is 0 Å². The maximum absolute atomic E-state index is 11.4. The number of esters is 1. The summed E-state index contributed by atoms with van der Waals surface area (Å²) in [5.41, 5.74) is 8.94. The van der Waals surface area contributed by atoms with Crippen LogP contribution in [0.3, 0.4) is 0 Å². The molecule has 1 saturated heterocycles. The van der Waals surface area contributed by atoms with E-state index in [4.69, 9.17) is 5.53 Å². The summed E-state index contributed by atoms with van der Waals surface area (Å²) in [6.45, 7) is 1.46. The van der Waals surface area contributed by atoms with Gasteiger partial charge < -0.3 is 9.64 Å². The van der Waals surface area contributed by atoms with E-state index in [1.54, 1.807) is 11.0 Å². The number of methoxy groups -OCH3 is 1. The van der Waals surface area contributed by atoms with Crippen molar-refractivity contribution in [3.63, 3.8) is 0 Å². The second-order valence-corrected chi connectivity index (χ2v) is 4.07. The minimum Gasteiger partial charge on any atom is -0.466 e. The summed E-state index contributed by atoms with van der Waals surface area (Å²) in [5, 5.41) is 3.61. The minimum atomic E-state index is -0.475. The molecule has 1 aliphatic carbocycles. The van der Waals surface area contributed by atoms with Gasteiger partial charge in [0, 0.05) is 23.8 Å². The van der Waals surface area contributed by atoms with Crippen LogP contribution in [0.25, 0.3) is 10.4 Å². The molecule has 90 valence electrons. The van der Waals surface area contributed by atoms with Gasteiger partial charge in [-0.25, -0.2) is 4.79 Å². The van der Waals surface area contributed by atoms with Crippen LogP contribution in [0.4, 0.5) is 0 Å². The predicted octanol–water partition coefficient (Wildman–Crippen LogP) is 0.768. The van der Waals surface area contributed by atoms with E-state index in [0.29, 0.717) is 12.0 Å². The van der Waals surface area contributed by atoms with Gasteiger partial charge in [0.15, 0.2) is 0 Å². The summed E-state index contributed by atoms with van der Waals surface area (Å²) in [7, 11) is 1.30. The summed E-state index contributed by atoms with van der Waals surface area (Å²) in [6.07, 6.45) is 2.06. The van der Waals surface area contributed by atoms with Crippen molar-refractivity contribution in [2.75, 3.05) is 7.11 Å². The van der Waals surface area contributed by atoms with Gasteiger partial charge in [-0.05, 0) is 5.53 Å². The maximum Gasteiger partial charge on any atom is 0.333 e. The molecule has 1 aliphatic heterocycles. The van der Waals surface area contributed by atoms with Crippen molar-refractivity contribution in [3.8, 4) is 0 Å². The molecule has 3 atom stereocenters. The first-order valence-corrected chi connectivity index (χ1v) is 5.22. The number of fused-ring (bicyclic) bond motifs is 1. The van der Waals surface area contributed by atoms with Crippen molar-refractivity contribution in [3.05, 3.63) is 22.1 Å². The average molecular weight is 236 g/mol. The van der Waals surface area contributed by atoms with Crippen LogP contribution in [0, 0.1) is 0 Å². The highest BCUT2D eigenvalue weighted by atomic mass is 16.5. The van der Waals surface area contributed by atoms with E-state index in [1.165, 1.54) is 14.0 Å². The third-order valence-electron chi connectivity index (χ3n) is 3.13. The molecule has 0 saturated carbocycles. The van der Waals surface area contributed by atoms with E-state index < -0.39 is 12.0 Å². The van der Waals surface area contributed by atoms with Crippen molar-refractivity contribution in [2.24, 2.45) is 5.11 Å². The molecule has 0 spiro atoms. The van der Waals surface area contributed by atoms with Crippen molar-refractivity contribution in [1.82, 2.24) is 4.90 Å². The van der Waals surface area contributed by atoms with Gasteiger partial charge >= 0.3 is 5.97 Å². The fourth-order valence-electron chi connectivity index (χ4n) is 2.40. The highest BCUT2D eigenvalue weighted by Crippen LogP contribution is 2.41. The highest BCUT2D eigenvalue weighted by molar-refractivity contribution is 5.90. The Morgan fingerprint density at radius 2 is 2.35 bits per heavy atom. The van der Waals surface area contributed by atoms with E-state index in [0.717, 1.165) is 0 Å². The SMILES string of the molecule is COC(=O)C1=CC(N=[N+]=[N-])C2C(C1)N2C(C)=O. The fourth-order valence-corrected chi connectivity index (χ4v) is 2.40. The number of nitrogens with zero attached hydrogens (tertiary/aromatic N) is 4. The van der Waals surface area contributed by atoms with Gasteiger partial charge in [0.2, 0.25) is 5.91 Å². The van der Waals surface area contributed by atoms with Crippen molar-refractivity contribution < 1.29 is 14.3 Å². The Morgan fingerprint density at radius 3 is 2.88 bits per heavy atom. The van der Waals surface area contributed by atoms with Crippen LogP contribution >= 0.6 is 0 Å². The van der Waals surface area contributed by atoms with Crippen LogP contribution in [-0.2, 0) is 14.3 Å². The molecule has 2 rings (SSSR count). The number of azide groups is 1. The predicted molar refractivity (Wildman–Crippen MR) is 57.7 cm³/mol. The topological polar surface area (TPSA) is 95.1 Å². The van der Waals surface area contributed by atoms with Crippen LogP contribution in [0.15, 0.2) is 16.8 Å². The van der Waals surface area contributed by atoms with E-state index in [2.05, 4.69) is 14.8 Å². The first-order valence-electron chi connectivity index (χ1n) is 5.22. The molecule has 7 nitrogen and oxygen atoms in total. The van der Waals surface area contributed by atoms with E-state index in [-0.39, 0.29) is 18.0 Å². The van der Waals surface area contributed by atoms with Gasteiger partial charge in [-0.3, -0.25) is 4.79 Å². The van der Waals surface area contributed by atoms with Crippen LogP contribution in [0.1, 0.15) is 13.3 Å². The molecule has 3 unspecified atom stereocenters. The van der Waals surface area contributed by atoms with Crippen molar-refractivity contribution in [2.45, 2.75) is 31.5 Å². The molecule has 17 heavy (non-hydrogen) atoms. The summed E-state index contributed by atoms with van der Waals surface area (Å²) < 4.78 is 4.63. The first kappa shape index (κ1) is 11.5. The second-order valence-electron chi connectivity index (χ2n) is 4.07. The molecular formula is C10H12N4O3. The molecule has 1 amide bonds. The summed E-state index contributed by atoms with van der Waals surface area (Å²) in [5.74, 6) is -0.505. The Bertz CT molecular complexity index is 452. The molecule has 0 aromatic heterocycles. The average Bonchev–Trinajstić information content (AvgIpc) is 3.02. The molecule has 0 bridgehead atoms. The smallest absolute Gasteiger partial charge is 0.333 e. The molecule has 0 radical (unpaired) electrons. The lowest BCUT2D eigenvalue weighted by molar-refractivity contribution is -0.136. The lowest BCUT2D eigenvalue weighted by Gasteiger charge is -2.12. The third-order valence-corrected chi connectivity index (χ3v) is 3.13. The number of amides is 1. The van der Waals surface area contributed by atoms with E-state index in [9.17, 15) is 9.59 Å².